The van der Waals surface area contributed by atoms with E-state index >= 15 is 0 Å². The number of piperidine rings is 1. The highest BCUT2D eigenvalue weighted by molar-refractivity contribution is 5.79. The first kappa shape index (κ1) is 18.5. The third-order valence-electron chi connectivity index (χ3n) is 5.09. The molecule has 2 rings (SSSR count). The molecular formula is C17H29N3O4. The molecule has 0 aromatic rings. The topological polar surface area (TPSA) is 98.7 Å². The Morgan fingerprint density at radius 2 is 1.79 bits per heavy atom. The first-order valence-electron chi connectivity index (χ1n) is 9.08. The van der Waals surface area contributed by atoms with Crippen LogP contribution in [0.15, 0.2) is 0 Å². The normalized spacial score (nSPS) is 27.4. The Morgan fingerprint density at radius 1 is 1.08 bits per heavy atom. The van der Waals surface area contributed by atoms with Gasteiger partial charge in [-0.3, -0.25) is 9.59 Å². The fourth-order valence-electron chi connectivity index (χ4n) is 3.71. The Kier molecular flexibility index (Phi) is 6.87. The average molecular weight is 339 g/mol. The summed E-state index contributed by atoms with van der Waals surface area (Å²) in [4.78, 5) is 37.2. The summed E-state index contributed by atoms with van der Waals surface area (Å²) in [6.07, 6.45) is 5.85. The maximum Gasteiger partial charge on any atom is 0.317 e. The lowest BCUT2D eigenvalue weighted by Crippen LogP contribution is -2.53. The standard InChI is InChI=1S/C17H29N3O4/c1-2-18-15(21)11-14-5-3-4-10-20(14)17(24)19-13-8-6-12(7-9-13)16(22)23/h12-14H,2-11H2,1H3,(H,18,21)(H,19,24)(H,22,23). The van der Waals surface area contributed by atoms with Gasteiger partial charge in [0.15, 0.2) is 0 Å². The van der Waals surface area contributed by atoms with Gasteiger partial charge in [0, 0.05) is 31.6 Å². The van der Waals surface area contributed by atoms with Crippen molar-refractivity contribution in [2.24, 2.45) is 5.92 Å². The minimum Gasteiger partial charge on any atom is -0.481 e. The zero-order chi connectivity index (χ0) is 17.5. The molecule has 1 heterocycles. The summed E-state index contributed by atoms with van der Waals surface area (Å²) >= 11 is 0. The summed E-state index contributed by atoms with van der Waals surface area (Å²) in [5.74, 6) is -1.03. The number of urea groups is 1. The molecule has 7 nitrogen and oxygen atoms in total. The zero-order valence-electron chi connectivity index (χ0n) is 14.4. The van der Waals surface area contributed by atoms with Gasteiger partial charge in [0.25, 0.3) is 0 Å². The second-order valence-electron chi connectivity index (χ2n) is 6.84. The number of carboxylic acid groups (broad SMARTS) is 1. The Morgan fingerprint density at radius 3 is 2.42 bits per heavy atom. The van der Waals surface area contributed by atoms with Crippen molar-refractivity contribution >= 4 is 17.9 Å². The van der Waals surface area contributed by atoms with E-state index in [9.17, 15) is 14.4 Å². The molecule has 136 valence electrons. The third kappa shape index (κ3) is 5.11. The van der Waals surface area contributed by atoms with Crippen LogP contribution in [0.25, 0.3) is 0 Å². The number of nitrogens with zero attached hydrogens (tertiary/aromatic N) is 1. The molecule has 3 N–H and O–H groups in total. The molecule has 2 aliphatic rings. The van der Waals surface area contributed by atoms with E-state index in [1.54, 1.807) is 4.90 Å². The fourth-order valence-corrected chi connectivity index (χ4v) is 3.71. The summed E-state index contributed by atoms with van der Waals surface area (Å²) in [7, 11) is 0. The first-order chi connectivity index (χ1) is 11.5. The Balaban J connectivity index is 1.85. The lowest BCUT2D eigenvalue weighted by atomic mass is 9.86. The second-order valence-corrected chi connectivity index (χ2v) is 6.84. The molecule has 0 radical (unpaired) electrons. The SMILES string of the molecule is CCNC(=O)CC1CCCCN1C(=O)NC1CCC(C(=O)O)CC1. The first-order valence-corrected chi connectivity index (χ1v) is 9.08. The molecule has 0 aromatic heterocycles. The van der Waals surface area contributed by atoms with Crippen LogP contribution in [0.2, 0.25) is 0 Å². The van der Waals surface area contributed by atoms with Crippen LogP contribution in [-0.4, -0.2) is 53.1 Å². The monoisotopic (exact) mass is 339 g/mol. The van der Waals surface area contributed by atoms with Crippen LogP contribution in [0.5, 0.6) is 0 Å². The quantitative estimate of drug-likeness (QED) is 0.710. The van der Waals surface area contributed by atoms with Gasteiger partial charge in [-0.1, -0.05) is 0 Å². The van der Waals surface area contributed by atoms with Crippen molar-refractivity contribution in [3.63, 3.8) is 0 Å². The minimum atomic E-state index is -0.738. The van der Waals surface area contributed by atoms with E-state index in [-0.39, 0.29) is 29.9 Å². The van der Waals surface area contributed by atoms with Crippen molar-refractivity contribution in [3.05, 3.63) is 0 Å². The van der Waals surface area contributed by atoms with Crippen LogP contribution in [-0.2, 0) is 9.59 Å². The molecule has 1 atom stereocenters. The molecule has 1 saturated carbocycles. The van der Waals surface area contributed by atoms with Crippen molar-refractivity contribution in [1.29, 1.82) is 0 Å². The number of hydrogen-bond donors (Lipinski definition) is 3. The van der Waals surface area contributed by atoms with E-state index in [0.717, 1.165) is 19.3 Å². The van der Waals surface area contributed by atoms with Crippen molar-refractivity contribution in [3.8, 4) is 0 Å². The molecule has 1 aliphatic carbocycles. The summed E-state index contributed by atoms with van der Waals surface area (Å²) < 4.78 is 0. The number of amides is 3. The molecule has 0 aromatic carbocycles. The summed E-state index contributed by atoms with van der Waals surface area (Å²) in [5.41, 5.74) is 0. The fraction of sp³-hybridized carbons (Fsp3) is 0.824. The molecule has 0 spiro atoms. The number of likely N-dealkylation sites (tertiary alicyclic amines) is 1. The van der Waals surface area contributed by atoms with Gasteiger partial charge in [-0.05, 0) is 51.9 Å². The van der Waals surface area contributed by atoms with E-state index < -0.39 is 5.97 Å². The number of aliphatic carboxylic acids is 1. The molecule has 2 fully saturated rings. The Hall–Kier alpha value is -1.79. The number of hydrogen-bond acceptors (Lipinski definition) is 3. The smallest absolute Gasteiger partial charge is 0.317 e. The van der Waals surface area contributed by atoms with Crippen LogP contribution < -0.4 is 10.6 Å². The van der Waals surface area contributed by atoms with Crippen molar-refractivity contribution in [1.82, 2.24) is 15.5 Å². The molecule has 0 bridgehead atoms. The lowest BCUT2D eigenvalue weighted by Gasteiger charge is -2.37. The van der Waals surface area contributed by atoms with Gasteiger partial charge in [0.1, 0.15) is 0 Å². The average Bonchev–Trinajstić information content (AvgIpc) is 2.56. The molecule has 1 unspecified atom stereocenters. The van der Waals surface area contributed by atoms with Crippen LogP contribution in [0.3, 0.4) is 0 Å². The number of carbonyl (C=O) groups is 3. The molecule has 1 saturated heterocycles. The summed E-state index contributed by atoms with van der Waals surface area (Å²) in [6, 6.07) is -0.108. The Labute approximate surface area is 143 Å². The van der Waals surface area contributed by atoms with Gasteiger partial charge in [0.05, 0.1) is 5.92 Å². The van der Waals surface area contributed by atoms with Gasteiger partial charge in [-0.25, -0.2) is 4.79 Å². The van der Waals surface area contributed by atoms with E-state index in [1.165, 1.54) is 0 Å². The van der Waals surface area contributed by atoms with E-state index in [1.807, 2.05) is 6.92 Å². The predicted molar refractivity (Wildman–Crippen MR) is 89.6 cm³/mol. The van der Waals surface area contributed by atoms with E-state index in [0.29, 0.717) is 45.2 Å². The molecular weight excluding hydrogens is 310 g/mol. The number of nitrogens with one attached hydrogen (secondary N) is 2. The van der Waals surface area contributed by atoms with Crippen molar-refractivity contribution < 1.29 is 19.5 Å². The maximum atomic E-state index is 12.6. The van der Waals surface area contributed by atoms with Gasteiger partial charge in [-0.15, -0.1) is 0 Å². The second kappa shape index (κ2) is 8.89. The van der Waals surface area contributed by atoms with Crippen molar-refractivity contribution in [2.45, 2.75) is 70.4 Å². The van der Waals surface area contributed by atoms with Crippen LogP contribution in [0.4, 0.5) is 4.79 Å². The molecule has 7 heteroatoms. The number of carboxylic acids is 1. The van der Waals surface area contributed by atoms with Gasteiger partial charge in [0.2, 0.25) is 5.91 Å². The molecule has 24 heavy (non-hydrogen) atoms. The van der Waals surface area contributed by atoms with Gasteiger partial charge < -0.3 is 20.6 Å². The van der Waals surface area contributed by atoms with Crippen LogP contribution in [0.1, 0.15) is 58.3 Å². The van der Waals surface area contributed by atoms with Crippen LogP contribution >= 0.6 is 0 Å². The highest BCUT2D eigenvalue weighted by Crippen LogP contribution is 2.25. The molecule has 3 amide bonds. The summed E-state index contributed by atoms with van der Waals surface area (Å²) in [5, 5.41) is 14.9. The maximum absolute atomic E-state index is 12.6. The van der Waals surface area contributed by atoms with Crippen LogP contribution in [0, 0.1) is 5.92 Å². The predicted octanol–water partition coefficient (Wildman–Crippen LogP) is 1.72. The highest BCUT2D eigenvalue weighted by Gasteiger charge is 2.31. The van der Waals surface area contributed by atoms with E-state index in [4.69, 9.17) is 5.11 Å². The summed E-state index contributed by atoms with van der Waals surface area (Å²) in [6.45, 7) is 3.17. The minimum absolute atomic E-state index is 0.0100. The number of carbonyl (C=O) groups excluding carboxylic acids is 2. The largest absolute Gasteiger partial charge is 0.481 e. The highest BCUT2D eigenvalue weighted by atomic mass is 16.4. The molecule has 1 aliphatic heterocycles. The lowest BCUT2D eigenvalue weighted by molar-refractivity contribution is -0.142. The third-order valence-corrected chi connectivity index (χ3v) is 5.09. The van der Waals surface area contributed by atoms with Gasteiger partial charge >= 0.3 is 12.0 Å². The van der Waals surface area contributed by atoms with Gasteiger partial charge in [-0.2, -0.15) is 0 Å². The van der Waals surface area contributed by atoms with E-state index in [2.05, 4.69) is 10.6 Å². The van der Waals surface area contributed by atoms with Crippen molar-refractivity contribution in [2.75, 3.05) is 13.1 Å². The Bertz CT molecular complexity index is 461. The zero-order valence-corrected chi connectivity index (χ0v) is 14.4. The number of rotatable bonds is 5.